The van der Waals surface area contributed by atoms with E-state index in [2.05, 4.69) is 21.9 Å². The quantitative estimate of drug-likeness (QED) is 0.369. The number of thioether (sulfide) groups is 1. The fraction of sp³-hybridized carbons (Fsp3) is 0.938. The van der Waals surface area contributed by atoms with Gasteiger partial charge in [-0.3, -0.25) is 4.99 Å². The Bertz CT molecular complexity index is 268. The number of rotatable bonds is 10. The molecule has 2 N–H and O–H groups in total. The van der Waals surface area contributed by atoms with Gasteiger partial charge in [0.1, 0.15) is 0 Å². The van der Waals surface area contributed by atoms with Crippen LogP contribution >= 0.6 is 11.8 Å². The fourth-order valence-corrected chi connectivity index (χ4v) is 3.05. The van der Waals surface area contributed by atoms with Crippen LogP contribution in [0.5, 0.6) is 0 Å². The molecule has 0 atom stereocenters. The lowest BCUT2D eigenvalue weighted by Crippen LogP contribution is -2.38. The van der Waals surface area contributed by atoms with E-state index in [0.717, 1.165) is 32.1 Å². The summed E-state index contributed by atoms with van der Waals surface area (Å²) in [5.74, 6) is 2.16. The van der Waals surface area contributed by atoms with Gasteiger partial charge in [0.15, 0.2) is 5.96 Å². The maximum atomic E-state index is 5.92. The van der Waals surface area contributed by atoms with Crippen molar-refractivity contribution in [2.45, 2.75) is 57.5 Å². The molecule has 0 aromatic rings. The topological polar surface area (TPSA) is 45.7 Å². The maximum Gasteiger partial charge on any atom is 0.190 e. The molecule has 0 spiro atoms. The van der Waals surface area contributed by atoms with Crippen LogP contribution in [-0.4, -0.2) is 50.8 Å². The summed E-state index contributed by atoms with van der Waals surface area (Å²) in [6, 6.07) is 0. The van der Waals surface area contributed by atoms with Crippen molar-refractivity contribution in [1.29, 1.82) is 0 Å². The molecule has 0 bridgehead atoms. The summed E-state index contributed by atoms with van der Waals surface area (Å²) in [5.41, 5.74) is 0. The first-order chi connectivity index (χ1) is 10.4. The zero-order valence-electron chi connectivity index (χ0n) is 13.8. The largest absolute Gasteiger partial charge is 0.378 e. The van der Waals surface area contributed by atoms with Crippen molar-refractivity contribution in [3.05, 3.63) is 0 Å². The molecule has 1 aliphatic rings. The van der Waals surface area contributed by atoms with Crippen molar-refractivity contribution in [1.82, 2.24) is 10.6 Å². The van der Waals surface area contributed by atoms with Crippen molar-refractivity contribution < 1.29 is 4.74 Å². The Morgan fingerprint density at radius 1 is 1.10 bits per heavy atom. The lowest BCUT2D eigenvalue weighted by molar-refractivity contribution is 0.0277. The maximum absolute atomic E-state index is 5.92. The standard InChI is InChI=1S/C16H33N3OS/c1-17-16(18-11-6-7-14-21-2)19-12-8-13-20-15-9-4-3-5-10-15/h15H,3-14H2,1-2H3,(H2,17,18,19). The molecule has 0 aromatic carbocycles. The molecule has 1 fully saturated rings. The normalized spacial score (nSPS) is 17.0. The minimum absolute atomic E-state index is 0.521. The van der Waals surface area contributed by atoms with Crippen molar-refractivity contribution in [2.75, 3.05) is 38.8 Å². The Morgan fingerprint density at radius 3 is 2.48 bits per heavy atom. The lowest BCUT2D eigenvalue weighted by Gasteiger charge is -2.22. The smallest absolute Gasteiger partial charge is 0.190 e. The van der Waals surface area contributed by atoms with Crippen molar-refractivity contribution in [3.63, 3.8) is 0 Å². The van der Waals surface area contributed by atoms with Crippen LogP contribution in [0.3, 0.4) is 0 Å². The Labute approximate surface area is 134 Å². The summed E-state index contributed by atoms with van der Waals surface area (Å²) in [4.78, 5) is 4.24. The van der Waals surface area contributed by atoms with Crippen molar-refractivity contribution in [2.24, 2.45) is 4.99 Å². The monoisotopic (exact) mass is 315 g/mol. The molecule has 0 amide bonds. The van der Waals surface area contributed by atoms with E-state index in [1.807, 2.05) is 18.8 Å². The predicted octanol–water partition coefficient (Wildman–Crippen LogP) is 3.03. The molecule has 0 aromatic heterocycles. The molecule has 0 saturated heterocycles. The second kappa shape index (κ2) is 13.3. The number of guanidine groups is 1. The van der Waals surface area contributed by atoms with Crippen LogP contribution in [0.15, 0.2) is 4.99 Å². The molecule has 1 rings (SSSR count). The third kappa shape index (κ3) is 10.0. The SMILES string of the molecule is CN=C(NCCCCSC)NCCCOC1CCCCC1. The van der Waals surface area contributed by atoms with Crippen LogP contribution in [0.25, 0.3) is 0 Å². The number of nitrogens with zero attached hydrogens (tertiary/aromatic N) is 1. The lowest BCUT2D eigenvalue weighted by atomic mass is 9.98. The van der Waals surface area contributed by atoms with Crippen molar-refractivity contribution >= 4 is 17.7 Å². The van der Waals surface area contributed by atoms with E-state index in [-0.39, 0.29) is 0 Å². The highest BCUT2D eigenvalue weighted by Gasteiger charge is 2.12. The second-order valence-corrected chi connectivity index (χ2v) is 6.60. The van der Waals surface area contributed by atoms with E-state index < -0.39 is 0 Å². The number of aliphatic imine (C=N–C) groups is 1. The number of hydrogen-bond donors (Lipinski definition) is 2. The molecule has 5 heteroatoms. The van der Waals surface area contributed by atoms with E-state index in [0.29, 0.717) is 6.10 Å². The van der Waals surface area contributed by atoms with Gasteiger partial charge in [-0.05, 0) is 44.1 Å². The third-order valence-corrected chi connectivity index (χ3v) is 4.51. The molecular formula is C16H33N3OS. The first-order valence-corrected chi connectivity index (χ1v) is 9.81. The molecule has 0 unspecified atom stereocenters. The van der Waals surface area contributed by atoms with Crippen molar-refractivity contribution in [3.8, 4) is 0 Å². The van der Waals surface area contributed by atoms with Gasteiger partial charge in [0.25, 0.3) is 0 Å². The summed E-state index contributed by atoms with van der Waals surface area (Å²) in [6.45, 7) is 2.79. The summed E-state index contributed by atoms with van der Waals surface area (Å²) < 4.78 is 5.92. The number of unbranched alkanes of at least 4 members (excludes halogenated alkanes) is 1. The van der Waals surface area contributed by atoms with Gasteiger partial charge in [0.05, 0.1) is 6.10 Å². The molecular weight excluding hydrogens is 282 g/mol. The van der Waals surface area contributed by atoms with E-state index in [1.54, 1.807) is 0 Å². The van der Waals surface area contributed by atoms with E-state index in [1.165, 1.54) is 50.7 Å². The van der Waals surface area contributed by atoms with Gasteiger partial charge in [0.2, 0.25) is 0 Å². The van der Waals surface area contributed by atoms with E-state index in [9.17, 15) is 0 Å². The van der Waals surface area contributed by atoms with Gasteiger partial charge in [-0.2, -0.15) is 11.8 Å². The Hall–Kier alpha value is -0.420. The van der Waals surface area contributed by atoms with Gasteiger partial charge < -0.3 is 15.4 Å². The first kappa shape index (κ1) is 18.6. The van der Waals surface area contributed by atoms with Gasteiger partial charge in [-0.15, -0.1) is 0 Å². The number of hydrogen-bond acceptors (Lipinski definition) is 3. The van der Waals surface area contributed by atoms with Crippen LogP contribution in [0.4, 0.5) is 0 Å². The fourth-order valence-electron chi connectivity index (χ4n) is 2.56. The molecule has 1 aliphatic carbocycles. The summed E-state index contributed by atoms with van der Waals surface area (Å²) in [7, 11) is 1.83. The van der Waals surface area contributed by atoms with Crippen LogP contribution < -0.4 is 10.6 Å². The van der Waals surface area contributed by atoms with Crippen LogP contribution in [0.1, 0.15) is 51.4 Å². The van der Waals surface area contributed by atoms with E-state index in [4.69, 9.17) is 4.74 Å². The zero-order valence-corrected chi connectivity index (χ0v) is 14.6. The van der Waals surface area contributed by atoms with Gasteiger partial charge >= 0.3 is 0 Å². The molecule has 21 heavy (non-hydrogen) atoms. The third-order valence-electron chi connectivity index (χ3n) is 3.81. The predicted molar refractivity (Wildman–Crippen MR) is 94.4 cm³/mol. The van der Waals surface area contributed by atoms with E-state index >= 15 is 0 Å². The molecule has 124 valence electrons. The highest BCUT2D eigenvalue weighted by atomic mass is 32.2. The molecule has 0 heterocycles. The van der Waals surface area contributed by atoms with Crippen LogP contribution in [0, 0.1) is 0 Å². The minimum atomic E-state index is 0.521. The molecule has 0 aliphatic heterocycles. The van der Waals surface area contributed by atoms with Gasteiger partial charge in [-0.1, -0.05) is 19.3 Å². The van der Waals surface area contributed by atoms with Crippen LogP contribution in [0.2, 0.25) is 0 Å². The average Bonchev–Trinajstić information content (AvgIpc) is 2.53. The summed E-state index contributed by atoms with van der Waals surface area (Å²) in [5, 5.41) is 6.71. The molecule has 0 radical (unpaired) electrons. The Kier molecular flexibility index (Phi) is 11.8. The highest BCUT2D eigenvalue weighted by Crippen LogP contribution is 2.20. The molecule has 1 saturated carbocycles. The van der Waals surface area contributed by atoms with Crippen LogP contribution in [-0.2, 0) is 4.74 Å². The minimum Gasteiger partial charge on any atom is -0.378 e. The van der Waals surface area contributed by atoms with Gasteiger partial charge in [0, 0.05) is 26.7 Å². The Morgan fingerprint density at radius 2 is 1.81 bits per heavy atom. The summed E-state index contributed by atoms with van der Waals surface area (Å²) >= 11 is 1.91. The number of nitrogens with one attached hydrogen (secondary N) is 2. The first-order valence-electron chi connectivity index (χ1n) is 8.42. The zero-order chi connectivity index (χ0) is 15.2. The molecule has 4 nitrogen and oxygen atoms in total. The Balaban J connectivity index is 1.94. The summed E-state index contributed by atoms with van der Waals surface area (Å²) in [6.07, 6.45) is 12.8. The highest BCUT2D eigenvalue weighted by molar-refractivity contribution is 7.98. The second-order valence-electron chi connectivity index (χ2n) is 5.61. The average molecular weight is 316 g/mol. The van der Waals surface area contributed by atoms with Gasteiger partial charge in [-0.25, -0.2) is 0 Å². The number of ether oxygens (including phenoxy) is 1.